The highest BCUT2D eigenvalue weighted by Crippen LogP contribution is 2.27. The molecule has 136 valence electrons. The molecule has 1 fully saturated rings. The van der Waals surface area contributed by atoms with Gasteiger partial charge in [0.1, 0.15) is 0 Å². The van der Waals surface area contributed by atoms with Crippen LogP contribution in [0.4, 0.5) is 5.13 Å². The largest absolute Gasteiger partial charge is 0.355 e. The van der Waals surface area contributed by atoms with Crippen LogP contribution in [0.3, 0.4) is 0 Å². The number of carbonyl (C=O) groups excluding carboxylic acids is 1. The molecular weight excluding hydrogens is 366 g/mol. The number of thiophene rings is 1. The average Bonchev–Trinajstić information content (AvgIpc) is 3.42. The van der Waals surface area contributed by atoms with E-state index in [0.717, 1.165) is 36.1 Å². The molecule has 1 N–H and O–H groups in total. The highest BCUT2D eigenvalue weighted by Gasteiger charge is 2.27. The van der Waals surface area contributed by atoms with Crippen LogP contribution in [0.1, 0.15) is 17.7 Å². The van der Waals surface area contributed by atoms with Crippen LogP contribution >= 0.6 is 22.7 Å². The first kappa shape index (κ1) is 17.2. The van der Waals surface area contributed by atoms with Crippen molar-refractivity contribution in [2.24, 2.45) is 5.92 Å². The minimum absolute atomic E-state index is 0.0195. The van der Waals surface area contributed by atoms with Gasteiger partial charge in [0.25, 0.3) is 0 Å². The minimum atomic E-state index is 0.0195. The van der Waals surface area contributed by atoms with Gasteiger partial charge in [0.15, 0.2) is 0 Å². The predicted octanol–water partition coefficient (Wildman–Crippen LogP) is 2.97. The van der Waals surface area contributed by atoms with Crippen LogP contribution in [0, 0.1) is 5.92 Å². The van der Waals surface area contributed by atoms with E-state index in [-0.39, 0.29) is 11.8 Å². The number of carbonyl (C=O) groups is 1. The van der Waals surface area contributed by atoms with Crippen LogP contribution in [-0.2, 0) is 11.2 Å². The van der Waals surface area contributed by atoms with Gasteiger partial charge in [0, 0.05) is 36.9 Å². The Morgan fingerprint density at radius 2 is 2.08 bits per heavy atom. The summed E-state index contributed by atoms with van der Waals surface area (Å²) >= 11 is 3.30. The van der Waals surface area contributed by atoms with Crippen LogP contribution < -0.4 is 10.2 Å². The van der Waals surface area contributed by atoms with Gasteiger partial charge in [0.2, 0.25) is 16.2 Å². The first-order chi connectivity index (χ1) is 12.8. The summed E-state index contributed by atoms with van der Waals surface area (Å²) in [5.41, 5.74) is 0. The van der Waals surface area contributed by atoms with E-state index < -0.39 is 0 Å². The van der Waals surface area contributed by atoms with Crippen molar-refractivity contribution in [3.63, 3.8) is 0 Å². The van der Waals surface area contributed by atoms with Crippen molar-refractivity contribution in [2.45, 2.75) is 19.3 Å². The summed E-state index contributed by atoms with van der Waals surface area (Å²) in [5.74, 6) is 0.174. The van der Waals surface area contributed by atoms with Crippen molar-refractivity contribution in [3.05, 3.63) is 46.9 Å². The Morgan fingerprint density at radius 3 is 2.88 bits per heavy atom. The predicted molar refractivity (Wildman–Crippen MR) is 105 cm³/mol. The third kappa shape index (κ3) is 3.96. The molecule has 0 unspecified atom stereocenters. The van der Waals surface area contributed by atoms with Crippen LogP contribution in [-0.4, -0.2) is 40.3 Å². The number of hydrogen-bond acceptors (Lipinski definition) is 6. The lowest BCUT2D eigenvalue weighted by molar-refractivity contribution is -0.125. The van der Waals surface area contributed by atoms with Gasteiger partial charge in [-0.15, -0.1) is 21.5 Å². The van der Waals surface area contributed by atoms with Crippen molar-refractivity contribution in [1.29, 1.82) is 0 Å². The average molecular weight is 388 g/mol. The third-order valence-corrected chi connectivity index (χ3v) is 6.48. The highest BCUT2D eigenvalue weighted by molar-refractivity contribution is 7.17. The van der Waals surface area contributed by atoms with Crippen molar-refractivity contribution in [1.82, 2.24) is 20.1 Å². The van der Waals surface area contributed by atoms with E-state index in [9.17, 15) is 4.79 Å². The molecule has 0 bridgehead atoms. The Bertz CT molecular complexity index is 828. The molecule has 3 aromatic heterocycles. The summed E-state index contributed by atoms with van der Waals surface area (Å²) in [6, 6.07) is 8.10. The van der Waals surface area contributed by atoms with Crippen LogP contribution in [0.15, 0.2) is 42.0 Å². The number of aromatic nitrogens is 3. The molecule has 6 nitrogen and oxygen atoms in total. The first-order valence-corrected chi connectivity index (χ1v) is 10.5. The molecular formula is C18H21N5OS2. The lowest BCUT2D eigenvalue weighted by atomic mass is 9.97. The summed E-state index contributed by atoms with van der Waals surface area (Å²) in [5, 5.41) is 15.5. The Balaban J connectivity index is 1.33. The van der Waals surface area contributed by atoms with Crippen LogP contribution in [0.2, 0.25) is 0 Å². The maximum Gasteiger partial charge on any atom is 0.224 e. The van der Waals surface area contributed by atoms with Gasteiger partial charge in [-0.25, -0.2) is 0 Å². The molecule has 0 spiro atoms. The SMILES string of the molecule is O=C(NCCc1cccs1)[C@@H]1CCCN(c2nnc(-n3cccc3)s2)C1. The summed E-state index contributed by atoms with van der Waals surface area (Å²) < 4.78 is 1.96. The number of piperidine rings is 1. The molecule has 26 heavy (non-hydrogen) atoms. The van der Waals surface area contributed by atoms with Gasteiger partial charge in [-0.2, -0.15) is 0 Å². The highest BCUT2D eigenvalue weighted by atomic mass is 32.1. The molecule has 1 atom stereocenters. The number of nitrogens with one attached hydrogen (secondary N) is 1. The van der Waals surface area contributed by atoms with Gasteiger partial charge in [-0.3, -0.25) is 9.36 Å². The molecule has 1 saturated heterocycles. The van der Waals surface area contributed by atoms with E-state index in [1.807, 2.05) is 35.2 Å². The van der Waals surface area contributed by atoms with E-state index >= 15 is 0 Å². The van der Waals surface area contributed by atoms with E-state index in [0.29, 0.717) is 13.1 Å². The normalized spacial score (nSPS) is 17.4. The standard InChI is InChI=1S/C18H21N5OS2/c24-16(19-8-7-15-6-4-12-25-15)14-5-3-11-23(13-14)18-21-20-17(26-18)22-9-1-2-10-22/h1-2,4,6,9-10,12,14H,3,5,7-8,11,13H2,(H,19,24)/t14-/m1/s1. The zero-order chi connectivity index (χ0) is 17.8. The monoisotopic (exact) mass is 387 g/mol. The van der Waals surface area contributed by atoms with Gasteiger partial charge in [0.05, 0.1) is 5.92 Å². The molecule has 1 amide bonds. The molecule has 0 saturated carbocycles. The quantitative estimate of drug-likeness (QED) is 0.706. The van der Waals surface area contributed by atoms with E-state index in [1.165, 1.54) is 4.88 Å². The number of nitrogens with zero attached hydrogens (tertiary/aromatic N) is 4. The fourth-order valence-corrected chi connectivity index (χ4v) is 4.73. The molecule has 8 heteroatoms. The molecule has 0 aromatic carbocycles. The topological polar surface area (TPSA) is 63.1 Å². The molecule has 1 aliphatic rings. The number of amides is 1. The smallest absolute Gasteiger partial charge is 0.224 e. The van der Waals surface area contributed by atoms with E-state index in [2.05, 4.69) is 31.9 Å². The number of anilines is 1. The summed E-state index contributed by atoms with van der Waals surface area (Å²) in [6.07, 6.45) is 6.76. The Kier molecular flexibility index (Phi) is 5.31. The van der Waals surface area contributed by atoms with Gasteiger partial charge in [-0.1, -0.05) is 17.4 Å². The van der Waals surface area contributed by atoms with Gasteiger partial charge < -0.3 is 10.2 Å². The lowest BCUT2D eigenvalue weighted by Gasteiger charge is -2.31. The zero-order valence-electron chi connectivity index (χ0n) is 14.4. The van der Waals surface area contributed by atoms with Crippen molar-refractivity contribution >= 4 is 33.7 Å². The second-order valence-electron chi connectivity index (χ2n) is 6.36. The first-order valence-electron chi connectivity index (χ1n) is 8.81. The molecule has 3 aromatic rings. The second kappa shape index (κ2) is 8.01. The fourth-order valence-electron chi connectivity index (χ4n) is 3.18. The zero-order valence-corrected chi connectivity index (χ0v) is 16.0. The van der Waals surface area contributed by atoms with E-state index in [1.54, 1.807) is 22.7 Å². The Hall–Kier alpha value is -2.19. The molecule has 1 aliphatic heterocycles. The fraction of sp³-hybridized carbons (Fsp3) is 0.389. The van der Waals surface area contributed by atoms with Crippen molar-refractivity contribution in [2.75, 3.05) is 24.5 Å². The molecule has 0 aliphatic carbocycles. The Labute approximate surface area is 160 Å². The summed E-state index contributed by atoms with van der Waals surface area (Å²) in [4.78, 5) is 16.0. The van der Waals surface area contributed by atoms with E-state index in [4.69, 9.17) is 0 Å². The van der Waals surface area contributed by atoms with Crippen molar-refractivity contribution < 1.29 is 4.79 Å². The lowest BCUT2D eigenvalue weighted by Crippen LogP contribution is -2.43. The van der Waals surface area contributed by atoms with Crippen molar-refractivity contribution in [3.8, 4) is 5.13 Å². The van der Waals surface area contributed by atoms with Gasteiger partial charge in [-0.05, 0) is 42.8 Å². The third-order valence-electron chi connectivity index (χ3n) is 4.54. The number of hydrogen-bond donors (Lipinski definition) is 1. The molecule has 4 heterocycles. The summed E-state index contributed by atoms with van der Waals surface area (Å²) in [7, 11) is 0. The number of rotatable bonds is 6. The summed E-state index contributed by atoms with van der Waals surface area (Å²) in [6.45, 7) is 2.34. The van der Waals surface area contributed by atoms with Crippen LogP contribution in [0.5, 0.6) is 0 Å². The molecule has 0 radical (unpaired) electrons. The minimum Gasteiger partial charge on any atom is -0.355 e. The maximum absolute atomic E-state index is 12.5. The van der Waals surface area contributed by atoms with Gasteiger partial charge >= 0.3 is 0 Å². The Morgan fingerprint density at radius 1 is 1.23 bits per heavy atom. The maximum atomic E-state index is 12.5. The van der Waals surface area contributed by atoms with Crippen LogP contribution in [0.25, 0.3) is 5.13 Å². The molecule has 4 rings (SSSR count). The second-order valence-corrected chi connectivity index (χ2v) is 8.33.